The molecule has 0 bridgehead atoms. The predicted octanol–water partition coefficient (Wildman–Crippen LogP) is 5.23. The number of esters is 1. The smallest absolute Gasteiger partial charge is 0.326 e. The van der Waals surface area contributed by atoms with Crippen LogP contribution in [0.5, 0.6) is 0 Å². The second-order valence-corrected chi connectivity index (χ2v) is 10.8. The van der Waals surface area contributed by atoms with E-state index in [9.17, 15) is 17.6 Å². The fourth-order valence-corrected chi connectivity index (χ4v) is 5.41. The molecule has 0 saturated heterocycles. The summed E-state index contributed by atoms with van der Waals surface area (Å²) in [6, 6.07) is 9.55. The largest absolute Gasteiger partial charge is 0.465 e. The molecule has 10 heteroatoms. The number of rotatable bonds is 9. The van der Waals surface area contributed by atoms with E-state index >= 15 is 0 Å². The van der Waals surface area contributed by atoms with Gasteiger partial charge in [0, 0.05) is 29.4 Å². The van der Waals surface area contributed by atoms with E-state index in [1.807, 2.05) is 6.07 Å². The van der Waals surface area contributed by atoms with Gasteiger partial charge in [-0.05, 0) is 68.5 Å². The molecular weight excluding hydrogens is 485 g/mol. The molecule has 2 aromatic heterocycles. The summed E-state index contributed by atoms with van der Waals surface area (Å²) in [5.74, 6) is 0.0489. The number of furan rings is 1. The minimum absolute atomic E-state index is 0.152. The third-order valence-corrected chi connectivity index (χ3v) is 7.97. The molecule has 1 aliphatic rings. The Hall–Kier alpha value is -3.66. The monoisotopic (exact) mass is 511 g/mol. The Morgan fingerprint density at radius 3 is 2.58 bits per heavy atom. The van der Waals surface area contributed by atoms with Crippen LogP contribution in [0.25, 0.3) is 33.7 Å². The number of fused-ring (bicyclic) bond motifs is 1. The molecule has 0 amide bonds. The highest BCUT2D eigenvalue weighted by molar-refractivity contribution is 7.92. The van der Waals surface area contributed by atoms with Gasteiger partial charge in [-0.3, -0.25) is 9.10 Å². The van der Waals surface area contributed by atoms with Crippen molar-refractivity contribution in [2.75, 3.05) is 23.2 Å². The molecule has 4 aromatic rings. The van der Waals surface area contributed by atoms with Crippen molar-refractivity contribution in [1.29, 1.82) is 0 Å². The number of H-pyrrole nitrogens is 1. The number of halogens is 1. The molecule has 188 valence electrons. The maximum absolute atomic E-state index is 13.6. The fraction of sp³-hybridized carbons (Fsp3) is 0.308. The summed E-state index contributed by atoms with van der Waals surface area (Å²) < 4.78 is 52.3. The first-order chi connectivity index (χ1) is 17.3. The summed E-state index contributed by atoms with van der Waals surface area (Å²) in [6.45, 7) is 2.94. The highest BCUT2D eigenvalue weighted by atomic mass is 32.2. The lowest BCUT2D eigenvalue weighted by Gasteiger charge is -2.25. The number of nitrogens with one attached hydrogen (secondary N) is 1. The Morgan fingerprint density at radius 1 is 1.22 bits per heavy atom. The first kappa shape index (κ1) is 24.1. The SMILES string of the molecule is CCOC(=O)CN(c1cc2oc(-c3ccc(F)cc3)c(-c3ncc[nH]3)c2cc1C1CC1)S(=O)(=O)CC. The fourth-order valence-electron chi connectivity index (χ4n) is 4.34. The van der Waals surface area contributed by atoms with Gasteiger partial charge in [0.1, 0.15) is 29.5 Å². The number of aromatic amines is 1. The molecule has 2 aromatic carbocycles. The van der Waals surface area contributed by atoms with Crippen LogP contribution in [-0.4, -0.2) is 43.3 Å². The van der Waals surface area contributed by atoms with Gasteiger partial charge in [-0.1, -0.05) is 0 Å². The second-order valence-electron chi connectivity index (χ2n) is 8.64. The van der Waals surface area contributed by atoms with Crippen LogP contribution in [0.3, 0.4) is 0 Å². The number of sulfonamides is 1. The number of hydrogen-bond acceptors (Lipinski definition) is 6. The number of hydrogen-bond donors (Lipinski definition) is 1. The van der Waals surface area contributed by atoms with Crippen molar-refractivity contribution in [3.63, 3.8) is 0 Å². The lowest BCUT2D eigenvalue weighted by atomic mass is 10.0. The molecule has 1 N–H and O–H groups in total. The maximum atomic E-state index is 13.6. The van der Waals surface area contributed by atoms with Crippen LogP contribution in [0.2, 0.25) is 0 Å². The standard InChI is InChI=1S/C26H26FN3O5S/c1-3-34-23(31)15-30(36(32,33)4-2)21-14-22-20(13-19(21)16-5-6-16)24(26-28-11-12-29-26)25(35-22)17-7-9-18(27)10-8-17/h7-14,16H,3-6,15H2,1-2H3,(H,28,29). The maximum Gasteiger partial charge on any atom is 0.326 e. The average Bonchev–Trinajstić information content (AvgIpc) is 3.43. The van der Waals surface area contributed by atoms with E-state index in [1.54, 1.807) is 37.5 Å². The molecule has 0 aliphatic heterocycles. The zero-order valence-corrected chi connectivity index (χ0v) is 20.8. The lowest BCUT2D eigenvalue weighted by molar-refractivity contribution is -0.141. The quantitative estimate of drug-likeness (QED) is 0.309. The second kappa shape index (κ2) is 9.42. The summed E-state index contributed by atoms with van der Waals surface area (Å²) in [5, 5.41) is 0.750. The van der Waals surface area contributed by atoms with E-state index in [-0.39, 0.29) is 24.1 Å². The van der Waals surface area contributed by atoms with Crippen molar-refractivity contribution in [3.8, 4) is 22.7 Å². The van der Waals surface area contributed by atoms with Gasteiger partial charge < -0.3 is 14.1 Å². The van der Waals surface area contributed by atoms with Gasteiger partial charge in [-0.25, -0.2) is 17.8 Å². The molecular formula is C26H26FN3O5S. The number of anilines is 1. The van der Waals surface area contributed by atoms with Crippen molar-refractivity contribution in [2.45, 2.75) is 32.6 Å². The number of ether oxygens (including phenoxy) is 1. The zero-order valence-electron chi connectivity index (χ0n) is 20.0. The molecule has 1 aliphatic carbocycles. The summed E-state index contributed by atoms with van der Waals surface area (Å²) in [4.78, 5) is 19.9. The van der Waals surface area contributed by atoms with Gasteiger partial charge in [0.2, 0.25) is 10.0 Å². The van der Waals surface area contributed by atoms with E-state index in [4.69, 9.17) is 9.15 Å². The molecule has 8 nitrogen and oxygen atoms in total. The van der Waals surface area contributed by atoms with Crippen LogP contribution in [-0.2, 0) is 19.6 Å². The number of carbonyl (C=O) groups is 1. The van der Waals surface area contributed by atoms with E-state index in [0.717, 1.165) is 28.1 Å². The average molecular weight is 512 g/mol. The van der Waals surface area contributed by atoms with Crippen molar-refractivity contribution >= 4 is 32.6 Å². The summed E-state index contributed by atoms with van der Waals surface area (Å²) in [5.41, 5.74) is 3.01. The van der Waals surface area contributed by atoms with Gasteiger partial charge in [0.15, 0.2) is 0 Å². The Morgan fingerprint density at radius 2 is 1.97 bits per heavy atom. The summed E-state index contributed by atoms with van der Waals surface area (Å²) in [6.07, 6.45) is 5.16. The van der Waals surface area contributed by atoms with Gasteiger partial charge in [0.05, 0.1) is 23.6 Å². The van der Waals surface area contributed by atoms with Crippen LogP contribution in [0.4, 0.5) is 10.1 Å². The molecule has 0 unspecified atom stereocenters. The van der Waals surface area contributed by atoms with E-state index in [1.165, 1.54) is 19.1 Å². The predicted molar refractivity (Wildman–Crippen MR) is 135 cm³/mol. The Balaban J connectivity index is 1.75. The first-order valence-corrected chi connectivity index (χ1v) is 13.5. The van der Waals surface area contributed by atoms with Gasteiger partial charge >= 0.3 is 5.97 Å². The Bertz CT molecular complexity index is 1510. The van der Waals surface area contributed by atoms with E-state index in [2.05, 4.69) is 9.97 Å². The summed E-state index contributed by atoms with van der Waals surface area (Å²) in [7, 11) is -3.80. The molecule has 5 rings (SSSR count). The normalized spacial score (nSPS) is 13.8. The van der Waals surface area contributed by atoms with Crippen molar-refractivity contribution in [1.82, 2.24) is 9.97 Å². The van der Waals surface area contributed by atoms with Crippen LogP contribution < -0.4 is 4.31 Å². The molecule has 2 heterocycles. The van der Waals surface area contributed by atoms with Gasteiger partial charge in [-0.2, -0.15) is 0 Å². The van der Waals surface area contributed by atoms with Gasteiger partial charge in [-0.15, -0.1) is 0 Å². The Labute approximate surface area is 208 Å². The molecule has 36 heavy (non-hydrogen) atoms. The van der Waals surface area contributed by atoms with Crippen LogP contribution in [0.15, 0.2) is 53.2 Å². The van der Waals surface area contributed by atoms with Crippen LogP contribution >= 0.6 is 0 Å². The molecule has 0 radical (unpaired) electrons. The Kier molecular flexibility index (Phi) is 6.29. The third-order valence-electron chi connectivity index (χ3n) is 6.24. The van der Waals surface area contributed by atoms with E-state index in [0.29, 0.717) is 34.0 Å². The number of aromatic nitrogens is 2. The highest BCUT2D eigenvalue weighted by Gasteiger charge is 2.34. The summed E-state index contributed by atoms with van der Waals surface area (Å²) >= 11 is 0. The third kappa shape index (κ3) is 4.48. The lowest BCUT2D eigenvalue weighted by Crippen LogP contribution is -2.38. The minimum Gasteiger partial charge on any atom is -0.465 e. The van der Waals surface area contributed by atoms with Crippen molar-refractivity contribution < 1.29 is 26.8 Å². The zero-order chi connectivity index (χ0) is 25.4. The van der Waals surface area contributed by atoms with Crippen molar-refractivity contribution in [3.05, 3.63) is 60.2 Å². The number of imidazole rings is 1. The molecule has 0 spiro atoms. The van der Waals surface area contributed by atoms with Gasteiger partial charge in [0.25, 0.3) is 0 Å². The van der Waals surface area contributed by atoms with Crippen LogP contribution in [0.1, 0.15) is 38.2 Å². The molecule has 0 atom stereocenters. The number of carbonyl (C=O) groups excluding carboxylic acids is 1. The topological polar surface area (TPSA) is 106 Å². The molecule has 1 fully saturated rings. The molecule has 1 saturated carbocycles. The highest BCUT2D eigenvalue weighted by Crippen LogP contribution is 2.49. The van der Waals surface area contributed by atoms with Crippen LogP contribution in [0, 0.1) is 5.82 Å². The van der Waals surface area contributed by atoms with Crippen molar-refractivity contribution in [2.24, 2.45) is 0 Å². The minimum atomic E-state index is -3.80. The number of nitrogens with zero attached hydrogens (tertiary/aromatic N) is 2. The number of benzene rings is 2. The first-order valence-electron chi connectivity index (χ1n) is 11.8. The van der Waals surface area contributed by atoms with E-state index < -0.39 is 22.5 Å².